The van der Waals surface area contributed by atoms with Crippen LogP contribution in [0.15, 0.2) is 30.5 Å². The van der Waals surface area contributed by atoms with E-state index in [1.165, 1.54) is 25.1 Å². The minimum Gasteiger partial charge on any atom is -0.366 e. The minimum absolute atomic E-state index is 0.0311. The molecule has 232 valence electrons. The first kappa shape index (κ1) is 28.7. The van der Waals surface area contributed by atoms with Gasteiger partial charge in [0.2, 0.25) is 5.91 Å². The van der Waals surface area contributed by atoms with Crippen LogP contribution in [0.2, 0.25) is 0 Å². The number of hydrogen-bond donors (Lipinski definition) is 4. The fourth-order valence-electron chi connectivity index (χ4n) is 6.99. The van der Waals surface area contributed by atoms with Crippen LogP contribution in [-0.2, 0) is 11.3 Å². The Bertz CT molecular complexity index is 1540. The second-order valence-electron chi connectivity index (χ2n) is 12.7. The second-order valence-corrected chi connectivity index (χ2v) is 12.7. The Kier molecular flexibility index (Phi) is 7.94. The summed E-state index contributed by atoms with van der Waals surface area (Å²) in [6.45, 7) is 6.51. The van der Waals surface area contributed by atoms with Gasteiger partial charge in [-0.2, -0.15) is 5.10 Å². The molecule has 4 aliphatic rings. The molecule has 0 atom stereocenters. The third-order valence-electron chi connectivity index (χ3n) is 9.58. The first-order chi connectivity index (χ1) is 21.5. The van der Waals surface area contributed by atoms with E-state index in [-0.39, 0.29) is 23.4 Å². The Morgan fingerprint density at radius 3 is 2.55 bits per heavy atom. The minimum atomic E-state index is -0.358. The van der Waals surface area contributed by atoms with Gasteiger partial charge in [-0.05, 0) is 63.6 Å². The molecule has 1 aliphatic carbocycles. The third-order valence-corrected chi connectivity index (χ3v) is 9.58. The number of amides is 2. The third kappa shape index (κ3) is 5.75. The zero-order valence-electron chi connectivity index (χ0n) is 25.6. The molecule has 0 spiro atoms. The summed E-state index contributed by atoms with van der Waals surface area (Å²) >= 11 is 0. The normalized spacial score (nSPS) is 19.3. The molecule has 2 saturated heterocycles. The number of para-hydroxylation sites is 1. The Hall–Kier alpha value is -4.03. The maximum absolute atomic E-state index is 12.7. The van der Waals surface area contributed by atoms with E-state index in [4.69, 9.17) is 5.10 Å². The van der Waals surface area contributed by atoms with Gasteiger partial charge < -0.3 is 31.1 Å². The lowest BCUT2D eigenvalue weighted by atomic mass is 9.95. The average molecular weight is 599 g/mol. The summed E-state index contributed by atoms with van der Waals surface area (Å²) < 4.78 is 2.28. The molecule has 44 heavy (non-hydrogen) atoms. The van der Waals surface area contributed by atoms with Crippen LogP contribution in [0.4, 0.5) is 22.9 Å². The predicted octanol–water partition coefficient (Wildman–Crippen LogP) is 3.38. The highest BCUT2D eigenvalue weighted by Gasteiger charge is 2.32. The molecule has 7 rings (SSSR count). The van der Waals surface area contributed by atoms with Crippen molar-refractivity contribution < 1.29 is 9.59 Å². The molecule has 12 nitrogen and oxygen atoms in total. The van der Waals surface area contributed by atoms with Crippen LogP contribution in [0.3, 0.4) is 0 Å². The molecule has 12 heteroatoms. The van der Waals surface area contributed by atoms with Gasteiger partial charge in [0.15, 0.2) is 11.5 Å². The lowest BCUT2D eigenvalue weighted by Crippen LogP contribution is -2.41. The van der Waals surface area contributed by atoms with E-state index in [1.807, 2.05) is 18.3 Å². The summed E-state index contributed by atoms with van der Waals surface area (Å²) in [5.41, 5.74) is 6.00. The Labute approximate surface area is 258 Å². The zero-order valence-corrected chi connectivity index (χ0v) is 25.6. The summed E-state index contributed by atoms with van der Waals surface area (Å²) in [5, 5.41) is 25.6. The number of carbonyl (C=O) groups is 2. The van der Waals surface area contributed by atoms with Crippen molar-refractivity contribution in [3.63, 3.8) is 0 Å². The quantitative estimate of drug-likeness (QED) is 0.308. The number of anilines is 4. The number of rotatable bonds is 8. The summed E-state index contributed by atoms with van der Waals surface area (Å²) in [6.07, 6.45) is 8.61. The molecule has 0 bridgehead atoms. The van der Waals surface area contributed by atoms with Crippen LogP contribution >= 0.6 is 0 Å². The van der Waals surface area contributed by atoms with Gasteiger partial charge in [-0.25, -0.2) is 0 Å². The van der Waals surface area contributed by atoms with E-state index >= 15 is 0 Å². The largest absolute Gasteiger partial charge is 0.366 e. The fraction of sp³-hybridized carbons (Fsp3) is 0.531. The number of hydrogen-bond acceptors (Lipinski definition) is 9. The lowest BCUT2D eigenvalue weighted by molar-refractivity contribution is -0.117. The Morgan fingerprint density at radius 2 is 1.80 bits per heavy atom. The number of likely N-dealkylation sites (tertiary alicyclic amines) is 1. The molecule has 5 heterocycles. The molecule has 1 aromatic carbocycles. The first-order valence-corrected chi connectivity index (χ1v) is 16.0. The van der Waals surface area contributed by atoms with E-state index in [2.05, 4.69) is 59.1 Å². The molecule has 1 saturated carbocycles. The van der Waals surface area contributed by atoms with E-state index in [0.29, 0.717) is 17.5 Å². The lowest BCUT2D eigenvalue weighted by Gasteiger charge is -2.37. The number of piperidine rings is 2. The number of carbonyl (C=O) groups excluding carboxylic acids is 2. The highest BCUT2D eigenvalue weighted by molar-refractivity contribution is 6.01. The van der Waals surface area contributed by atoms with E-state index in [9.17, 15) is 9.59 Å². The molecule has 2 aromatic heterocycles. The summed E-state index contributed by atoms with van der Waals surface area (Å²) in [6, 6.07) is 8.24. The number of nitrogens with one attached hydrogen (secondary N) is 4. The van der Waals surface area contributed by atoms with Crippen LogP contribution < -0.4 is 26.2 Å². The van der Waals surface area contributed by atoms with Gasteiger partial charge >= 0.3 is 0 Å². The Balaban J connectivity index is 1.12. The van der Waals surface area contributed by atoms with Crippen LogP contribution in [0, 0.1) is 11.8 Å². The van der Waals surface area contributed by atoms with Gasteiger partial charge in [-0.1, -0.05) is 12.1 Å². The maximum Gasteiger partial charge on any atom is 0.273 e. The van der Waals surface area contributed by atoms with Crippen molar-refractivity contribution in [1.82, 2.24) is 35.5 Å². The molecular formula is C32H42N10O2. The van der Waals surface area contributed by atoms with Crippen molar-refractivity contribution in [2.24, 2.45) is 11.8 Å². The van der Waals surface area contributed by atoms with Gasteiger partial charge in [0.1, 0.15) is 0 Å². The molecule has 3 fully saturated rings. The predicted molar refractivity (Wildman–Crippen MR) is 170 cm³/mol. The number of benzene rings is 1. The van der Waals surface area contributed by atoms with Crippen molar-refractivity contribution in [2.75, 3.05) is 62.4 Å². The Morgan fingerprint density at radius 1 is 1.00 bits per heavy atom. The standard InChI is InChI=1S/C32H42N10O2/c1-33-32(44)29-26(16-28(38-39-29)37-31(43)21-6-7-21)36-25-5-3-4-23-24-17-35-42(27(24)19-40(2)30(23)25)22-10-14-41(15-11-22)18-20-8-12-34-13-9-20/h3-5,16-17,20-22,34H,6-15,18-19H2,1-2H3,(H,33,44)(H2,36,37,38,43). The zero-order chi connectivity index (χ0) is 30.2. The van der Waals surface area contributed by atoms with Crippen molar-refractivity contribution >= 4 is 34.7 Å². The molecule has 0 unspecified atom stereocenters. The number of nitrogens with zero attached hydrogens (tertiary/aromatic N) is 6. The fourth-order valence-corrected chi connectivity index (χ4v) is 6.99. The molecular weight excluding hydrogens is 556 g/mol. The molecule has 3 aliphatic heterocycles. The van der Waals surface area contributed by atoms with Crippen LogP contribution in [0.5, 0.6) is 0 Å². The average Bonchev–Trinajstić information content (AvgIpc) is 3.82. The highest BCUT2D eigenvalue weighted by Crippen LogP contribution is 2.45. The molecule has 3 aromatic rings. The van der Waals surface area contributed by atoms with Gasteiger partial charge in [0.25, 0.3) is 5.91 Å². The van der Waals surface area contributed by atoms with E-state index in [1.54, 1.807) is 13.1 Å². The van der Waals surface area contributed by atoms with Gasteiger partial charge in [-0.3, -0.25) is 14.3 Å². The molecule has 2 amide bonds. The summed E-state index contributed by atoms with van der Waals surface area (Å²) in [7, 11) is 3.66. The SMILES string of the molecule is CNC(=O)c1nnc(NC(=O)C2CC2)cc1Nc1cccc2c1N(C)Cc1c-2cnn1C1CCN(CC2CCNCC2)CC1. The number of aromatic nitrogens is 4. The van der Waals surface area contributed by atoms with Crippen molar-refractivity contribution in [2.45, 2.75) is 51.1 Å². The van der Waals surface area contributed by atoms with Gasteiger partial charge in [-0.15, -0.1) is 10.2 Å². The number of fused-ring (bicyclic) bond motifs is 3. The van der Waals surface area contributed by atoms with Gasteiger partial charge in [0.05, 0.1) is 41.5 Å². The van der Waals surface area contributed by atoms with E-state index in [0.717, 1.165) is 86.8 Å². The second kappa shape index (κ2) is 12.2. The van der Waals surface area contributed by atoms with Crippen LogP contribution in [-0.4, -0.2) is 83.5 Å². The maximum atomic E-state index is 12.7. The van der Waals surface area contributed by atoms with Crippen molar-refractivity contribution in [1.29, 1.82) is 0 Å². The van der Waals surface area contributed by atoms with Crippen molar-refractivity contribution in [3.8, 4) is 11.1 Å². The smallest absolute Gasteiger partial charge is 0.273 e. The monoisotopic (exact) mass is 598 g/mol. The van der Waals surface area contributed by atoms with Gasteiger partial charge in [0, 0.05) is 56.8 Å². The van der Waals surface area contributed by atoms with Crippen LogP contribution in [0.1, 0.15) is 60.7 Å². The summed E-state index contributed by atoms with van der Waals surface area (Å²) in [4.78, 5) is 30.0. The first-order valence-electron chi connectivity index (χ1n) is 16.0. The van der Waals surface area contributed by atoms with Crippen LogP contribution in [0.25, 0.3) is 11.1 Å². The summed E-state index contributed by atoms with van der Waals surface area (Å²) in [5.74, 6) is 0.751. The topological polar surface area (TPSA) is 132 Å². The van der Waals surface area contributed by atoms with E-state index < -0.39 is 0 Å². The molecule has 0 radical (unpaired) electrons. The van der Waals surface area contributed by atoms with Crippen molar-refractivity contribution in [3.05, 3.63) is 41.9 Å². The highest BCUT2D eigenvalue weighted by atomic mass is 16.2. The molecule has 4 N–H and O–H groups in total.